The van der Waals surface area contributed by atoms with Crippen LogP contribution in [0.1, 0.15) is 43.7 Å². The lowest BCUT2D eigenvalue weighted by atomic mass is 9.98. The van der Waals surface area contributed by atoms with E-state index in [1.807, 2.05) is 25.2 Å². The van der Waals surface area contributed by atoms with Crippen LogP contribution in [0, 0.1) is 0 Å². The van der Waals surface area contributed by atoms with E-state index in [2.05, 4.69) is 16.3 Å². The first kappa shape index (κ1) is 15.3. The summed E-state index contributed by atoms with van der Waals surface area (Å²) in [5, 5.41) is 14.1. The minimum Gasteiger partial charge on any atom is -0.393 e. The second kappa shape index (κ2) is 6.66. The maximum atomic E-state index is 9.89. The molecule has 116 valence electrons. The summed E-state index contributed by atoms with van der Waals surface area (Å²) in [6.45, 7) is 1.08. The number of aliphatic hydroxyl groups excluding tert-OH is 1. The Labute approximate surface area is 132 Å². The lowest BCUT2D eigenvalue weighted by Gasteiger charge is -2.38. The van der Waals surface area contributed by atoms with E-state index >= 15 is 0 Å². The summed E-state index contributed by atoms with van der Waals surface area (Å²) in [4.78, 5) is 2.62. The van der Waals surface area contributed by atoms with Crippen LogP contribution in [0.5, 0.6) is 0 Å². The van der Waals surface area contributed by atoms with Crippen LogP contribution in [0.2, 0.25) is 5.02 Å². The summed E-state index contributed by atoms with van der Waals surface area (Å²) >= 11 is 6.32. The highest BCUT2D eigenvalue weighted by Gasteiger charge is 2.39. The SMILES string of the molecule is CNC(CCN1C2CCC1CC(O)C2)c1ccccc1Cl. The minimum absolute atomic E-state index is 0.0811. The van der Waals surface area contributed by atoms with Crippen LogP contribution in [0.3, 0.4) is 0 Å². The maximum Gasteiger partial charge on any atom is 0.0570 e. The molecule has 0 saturated carbocycles. The Hall–Kier alpha value is -0.610. The summed E-state index contributed by atoms with van der Waals surface area (Å²) in [5.74, 6) is 0. The van der Waals surface area contributed by atoms with Gasteiger partial charge in [-0.25, -0.2) is 0 Å². The van der Waals surface area contributed by atoms with Crippen molar-refractivity contribution in [3.63, 3.8) is 0 Å². The van der Waals surface area contributed by atoms with Crippen LogP contribution in [0.25, 0.3) is 0 Å². The number of hydrogen-bond donors (Lipinski definition) is 2. The molecule has 2 saturated heterocycles. The van der Waals surface area contributed by atoms with Gasteiger partial charge in [-0.05, 0) is 50.8 Å². The van der Waals surface area contributed by atoms with Crippen molar-refractivity contribution in [1.29, 1.82) is 0 Å². The fraction of sp³-hybridized carbons (Fsp3) is 0.647. The van der Waals surface area contributed by atoms with Gasteiger partial charge in [0.2, 0.25) is 0 Å². The van der Waals surface area contributed by atoms with Crippen molar-refractivity contribution < 1.29 is 5.11 Å². The topological polar surface area (TPSA) is 35.5 Å². The summed E-state index contributed by atoms with van der Waals surface area (Å²) in [6, 6.07) is 9.56. The van der Waals surface area contributed by atoms with Gasteiger partial charge in [-0.2, -0.15) is 0 Å². The van der Waals surface area contributed by atoms with Crippen LogP contribution in [0.15, 0.2) is 24.3 Å². The number of rotatable bonds is 5. The first-order chi connectivity index (χ1) is 10.2. The molecule has 3 nitrogen and oxygen atoms in total. The van der Waals surface area contributed by atoms with Crippen molar-refractivity contribution in [1.82, 2.24) is 10.2 Å². The predicted octanol–water partition coefficient (Wildman–Crippen LogP) is 2.98. The fourth-order valence-corrected chi connectivity index (χ4v) is 4.37. The van der Waals surface area contributed by atoms with Gasteiger partial charge >= 0.3 is 0 Å². The Morgan fingerprint density at radius 1 is 1.29 bits per heavy atom. The molecule has 3 rings (SSSR count). The third-order valence-electron chi connectivity index (χ3n) is 5.16. The Morgan fingerprint density at radius 2 is 1.95 bits per heavy atom. The molecule has 0 spiro atoms. The lowest BCUT2D eigenvalue weighted by Crippen LogP contribution is -2.45. The molecule has 0 radical (unpaired) electrons. The molecule has 3 unspecified atom stereocenters. The van der Waals surface area contributed by atoms with Crippen molar-refractivity contribution in [3.05, 3.63) is 34.9 Å². The van der Waals surface area contributed by atoms with Crippen molar-refractivity contribution >= 4 is 11.6 Å². The Kier molecular flexibility index (Phi) is 4.85. The molecule has 0 aromatic heterocycles. The van der Waals surface area contributed by atoms with Crippen LogP contribution >= 0.6 is 11.6 Å². The molecular formula is C17H25ClN2O. The third kappa shape index (κ3) is 3.26. The number of hydrogen-bond acceptors (Lipinski definition) is 3. The highest BCUT2D eigenvalue weighted by Crippen LogP contribution is 2.36. The highest BCUT2D eigenvalue weighted by molar-refractivity contribution is 6.31. The monoisotopic (exact) mass is 308 g/mol. The quantitative estimate of drug-likeness (QED) is 0.878. The van der Waals surface area contributed by atoms with Gasteiger partial charge in [0.15, 0.2) is 0 Å². The van der Waals surface area contributed by atoms with E-state index in [4.69, 9.17) is 11.6 Å². The Morgan fingerprint density at radius 3 is 2.57 bits per heavy atom. The number of nitrogens with zero attached hydrogens (tertiary/aromatic N) is 1. The second-order valence-electron chi connectivity index (χ2n) is 6.40. The van der Waals surface area contributed by atoms with Crippen molar-refractivity contribution in [2.75, 3.05) is 13.6 Å². The first-order valence-corrected chi connectivity index (χ1v) is 8.42. The summed E-state index contributed by atoms with van der Waals surface area (Å²) < 4.78 is 0. The van der Waals surface area contributed by atoms with Crippen molar-refractivity contribution in [3.8, 4) is 0 Å². The Balaban J connectivity index is 1.63. The van der Waals surface area contributed by atoms with Gasteiger partial charge in [0.1, 0.15) is 0 Å². The Bertz CT molecular complexity index is 468. The lowest BCUT2D eigenvalue weighted by molar-refractivity contribution is 0.0336. The van der Waals surface area contributed by atoms with E-state index in [1.165, 1.54) is 18.4 Å². The second-order valence-corrected chi connectivity index (χ2v) is 6.81. The van der Waals surface area contributed by atoms with Crippen LogP contribution < -0.4 is 5.32 Å². The molecule has 2 bridgehead atoms. The number of aliphatic hydroxyl groups is 1. The number of benzene rings is 1. The smallest absolute Gasteiger partial charge is 0.0570 e. The van der Waals surface area contributed by atoms with E-state index in [-0.39, 0.29) is 6.10 Å². The molecular weight excluding hydrogens is 284 g/mol. The zero-order valence-electron chi connectivity index (χ0n) is 12.6. The summed E-state index contributed by atoms with van der Waals surface area (Å²) in [6.07, 6.45) is 5.38. The molecule has 4 heteroatoms. The predicted molar refractivity (Wildman–Crippen MR) is 86.6 cm³/mol. The molecule has 1 aromatic carbocycles. The van der Waals surface area contributed by atoms with E-state index in [0.717, 1.165) is 30.8 Å². The van der Waals surface area contributed by atoms with Crippen LogP contribution in [-0.4, -0.2) is 41.8 Å². The molecule has 3 atom stereocenters. The molecule has 0 aliphatic carbocycles. The average molecular weight is 309 g/mol. The third-order valence-corrected chi connectivity index (χ3v) is 5.51. The van der Waals surface area contributed by atoms with Gasteiger partial charge < -0.3 is 10.4 Å². The van der Waals surface area contributed by atoms with Gasteiger partial charge in [0, 0.05) is 29.7 Å². The zero-order valence-corrected chi connectivity index (χ0v) is 13.4. The normalized spacial score (nSPS) is 30.5. The molecule has 21 heavy (non-hydrogen) atoms. The van der Waals surface area contributed by atoms with Crippen molar-refractivity contribution in [2.24, 2.45) is 0 Å². The first-order valence-electron chi connectivity index (χ1n) is 8.04. The van der Waals surface area contributed by atoms with E-state index in [0.29, 0.717) is 18.1 Å². The standard InChI is InChI=1S/C17H25ClN2O/c1-19-17(15-4-2-3-5-16(15)18)8-9-20-12-6-7-13(20)11-14(21)10-12/h2-5,12-14,17,19,21H,6-11H2,1H3. The van der Waals surface area contributed by atoms with Gasteiger partial charge in [-0.15, -0.1) is 0 Å². The minimum atomic E-state index is -0.0811. The molecule has 2 aliphatic rings. The van der Waals surface area contributed by atoms with Crippen LogP contribution in [-0.2, 0) is 0 Å². The molecule has 2 aliphatic heterocycles. The van der Waals surface area contributed by atoms with Gasteiger partial charge in [-0.3, -0.25) is 4.90 Å². The number of halogens is 1. The number of nitrogens with one attached hydrogen (secondary N) is 1. The maximum absolute atomic E-state index is 9.89. The van der Waals surface area contributed by atoms with E-state index < -0.39 is 0 Å². The zero-order chi connectivity index (χ0) is 14.8. The number of piperidine rings is 1. The summed E-state index contributed by atoms with van der Waals surface area (Å²) in [7, 11) is 2.00. The molecule has 2 fully saturated rings. The highest BCUT2D eigenvalue weighted by atomic mass is 35.5. The fourth-order valence-electron chi connectivity index (χ4n) is 4.10. The van der Waals surface area contributed by atoms with E-state index in [1.54, 1.807) is 0 Å². The van der Waals surface area contributed by atoms with Gasteiger partial charge in [0.05, 0.1) is 6.10 Å². The molecule has 2 N–H and O–H groups in total. The largest absolute Gasteiger partial charge is 0.393 e. The molecule has 0 amide bonds. The van der Waals surface area contributed by atoms with Gasteiger partial charge in [-0.1, -0.05) is 29.8 Å². The van der Waals surface area contributed by atoms with Crippen LogP contribution in [0.4, 0.5) is 0 Å². The summed E-state index contributed by atoms with van der Waals surface area (Å²) in [5.41, 5.74) is 1.19. The van der Waals surface area contributed by atoms with Gasteiger partial charge in [0.25, 0.3) is 0 Å². The average Bonchev–Trinajstić information content (AvgIpc) is 2.72. The van der Waals surface area contributed by atoms with Crippen molar-refractivity contribution in [2.45, 2.75) is 56.3 Å². The number of fused-ring (bicyclic) bond motifs is 2. The van der Waals surface area contributed by atoms with E-state index in [9.17, 15) is 5.11 Å². The molecule has 2 heterocycles. The molecule has 1 aromatic rings.